The van der Waals surface area contributed by atoms with Crippen LogP contribution in [0.1, 0.15) is 81.3 Å². The molecule has 0 saturated carbocycles. The van der Waals surface area contributed by atoms with E-state index in [0.717, 1.165) is 85.0 Å². The van der Waals surface area contributed by atoms with E-state index in [1.807, 2.05) is 133 Å². The topological polar surface area (TPSA) is 52.8 Å². The van der Waals surface area contributed by atoms with Crippen LogP contribution in [0, 0.1) is 58.4 Å². The average molecular weight is 1520 g/mol. The van der Waals surface area contributed by atoms with Crippen molar-refractivity contribution >= 4 is 137 Å². The van der Waals surface area contributed by atoms with Gasteiger partial charge in [-0.25, -0.2) is 33.4 Å². The number of hydrogen-bond donors (Lipinski definition) is 0. The Morgan fingerprint density at radius 3 is 1.36 bits per heavy atom. The summed E-state index contributed by atoms with van der Waals surface area (Å²) in [6.45, 7) is 24.7. The predicted octanol–water partition coefficient (Wildman–Crippen LogP) is 24.9. The first-order valence-corrected chi connectivity index (χ1v) is 32.8. The Hall–Kier alpha value is -5.16. The van der Waals surface area contributed by atoms with Crippen LogP contribution in [0.25, 0.3) is 59.2 Å². The Kier molecular flexibility index (Phi) is 30.8. The summed E-state index contributed by atoms with van der Waals surface area (Å²) < 4.78 is 2.94. The van der Waals surface area contributed by atoms with Gasteiger partial charge in [-0.1, -0.05) is 166 Å². The van der Waals surface area contributed by atoms with Gasteiger partial charge in [-0.15, -0.1) is 57.7 Å². The van der Waals surface area contributed by atoms with Gasteiger partial charge in [0.05, 0.1) is 21.6 Å². The first-order valence-electron chi connectivity index (χ1n) is 27.2. The third kappa shape index (κ3) is 22.5. The van der Waals surface area contributed by atoms with Crippen molar-refractivity contribution in [1.29, 1.82) is 0 Å². The summed E-state index contributed by atoms with van der Waals surface area (Å²) in [5.41, 5.74) is 11.7. The van der Waals surface area contributed by atoms with E-state index in [1.54, 1.807) is 45.3 Å². The number of pyridine rings is 3. The van der Waals surface area contributed by atoms with E-state index in [0.29, 0.717) is 11.8 Å². The van der Waals surface area contributed by atoms with Crippen LogP contribution in [-0.4, -0.2) is 15.0 Å². The van der Waals surface area contributed by atoms with Crippen molar-refractivity contribution in [2.45, 2.75) is 67.2 Å². The Labute approximate surface area is 583 Å². The molecule has 0 aliphatic heterocycles. The van der Waals surface area contributed by atoms with Crippen molar-refractivity contribution in [3.63, 3.8) is 0 Å². The molecule has 0 amide bonds. The number of thiophene rings is 4. The van der Waals surface area contributed by atoms with E-state index < -0.39 is 0 Å². The number of aromatic nitrogens is 3. The second kappa shape index (κ2) is 37.0. The van der Waals surface area contributed by atoms with E-state index in [1.165, 1.54) is 35.5 Å². The number of hydrogen-bond acceptors (Lipinski definition) is 7. The number of aryl methyl sites for hydroxylation is 4. The molecular formula is C73H65Br3N4S4ZnZr. The summed E-state index contributed by atoms with van der Waals surface area (Å²) in [5.74, 6) is 0.823. The second-order valence-electron chi connectivity index (χ2n) is 19.7. The first kappa shape index (κ1) is 71.6. The maximum absolute atomic E-state index is 5.18. The molecule has 0 atom stereocenters. The third-order valence-electron chi connectivity index (χ3n) is 12.4. The van der Waals surface area contributed by atoms with E-state index in [-0.39, 0.29) is 45.7 Å². The van der Waals surface area contributed by atoms with Crippen LogP contribution < -0.4 is 0 Å². The van der Waals surface area contributed by atoms with Gasteiger partial charge in [0, 0.05) is 30.1 Å². The molecule has 0 saturated heterocycles. The number of para-hydroxylation sites is 4. The maximum Gasteiger partial charge on any atom is 4.00 e. The number of fused-ring (bicyclic) bond motifs is 3. The molecule has 0 aliphatic carbocycles. The fourth-order valence-corrected chi connectivity index (χ4v) is 11.9. The van der Waals surface area contributed by atoms with Crippen molar-refractivity contribution < 1.29 is 45.7 Å². The number of nitrogens with zero attached hydrogens (tertiary/aromatic N) is 4. The molecule has 0 spiro atoms. The van der Waals surface area contributed by atoms with Crippen molar-refractivity contribution in [3.05, 3.63) is 304 Å². The van der Waals surface area contributed by atoms with Gasteiger partial charge >= 0.3 is 45.7 Å². The van der Waals surface area contributed by atoms with Crippen LogP contribution in [0.3, 0.4) is 0 Å². The summed E-state index contributed by atoms with van der Waals surface area (Å²) in [6, 6.07) is 74.7. The molecule has 0 aliphatic rings. The van der Waals surface area contributed by atoms with Crippen molar-refractivity contribution in [2.75, 3.05) is 0 Å². The van der Waals surface area contributed by atoms with Gasteiger partial charge in [0.2, 0.25) is 0 Å². The molecule has 7 heterocycles. The molecule has 6 aromatic carbocycles. The molecule has 13 heteroatoms. The summed E-state index contributed by atoms with van der Waals surface area (Å²) in [4.78, 5) is 21.6. The molecular weight excluding hydrogens is 1460 g/mol. The molecule has 7 aromatic heterocycles. The Balaban J connectivity index is 0.000000201. The van der Waals surface area contributed by atoms with Crippen LogP contribution in [0.5, 0.6) is 0 Å². The van der Waals surface area contributed by atoms with Crippen molar-refractivity contribution in [1.82, 2.24) is 15.0 Å². The van der Waals surface area contributed by atoms with E-state index in [2.05, 4.69) is 218 Å². The van der Waals surface area contributed by atoms with Gasteiger partial charge in [-0.3, -0.25) is 0 Å². The van der Waals surface area contributed by atoms with Gasteiger partial charge in [0.25, 0.3) is 0 Å². The Morgan fingerprint density at radius 1 is 0.453 bits per heavy atom. The van der Waals surface area contributed by atoms with Crippen molar-refractivity contribution in [3.8, 4) is 21.1 Å². The van der Waals surface area contributed by atoms with Crippen LogP contribution in [0.2, 0.25) is 0 Å². The molecule has 0 fully saturated rings. The van der Waals surface area contributed by atoms with Gasteiger partial charge in [-0.05, 0) is 114 Å². The largest absolute Gasteiger partial charge is 4.00 e. The molecule has 0 unspecified atom stereocenters. The molecule has 428 valence electrons. The first-order chi connectivity index (χ1) is 40.5. The molecule has 86 heavy (non-hydrogen) atoms. The molecule has 13 aromatic rings. The standard InChI is InChI=1S/C26H26N2S.C14H10BrNS.C9H5Br2N.2C7H7.2C5H5S.Zn.Zr/c1-16(2)20-9-7-10-21(17(3)4)26(20)28-23-11-6-8-19-13-14-22(27-25(19)23)24-15-12-18(5)29-24;1-9-5-8-13(17-9)12-7-6-10-3-2-4-11(15)14(10)16-12;10-7-3-1-2-6-4-5-8(11)12-9(6)7;2*1-7-5-3-2-4-6-7;2*1-5-3-2-4-6-5;;/h6-14,16-17H,1-5H3;2-8H,1H3;1-5H;2*2-6H,1H2;2*2-3H,1H3;;/q-2;;;4*-1;+2;+4. The average Bonchev–Trinajstić information content (AvgIpc) is 2.73. The monoisotopic (exact) mass is 1520 g/mol. The zero-order chi connectivity index (χ0) is 60.0. The summed E-state index contributed by atoms with van der Waals surface area (Å²) >= 11 is 17.1. The normalized spacial score (nSPS) is 10.2. The minimum absolute atomic E-state index is 0. The fourth-order valence-electron chi connectivity index (χ4n) is 8.11. The molecule has 0 bridgehead atoms. The van der Waals surface area contributed by atoms with E-state index in [9.17, 15) is 0 Å². The number of benzene rings is 6. The van der Waals surface area contributed by atoms with Gasteiger partial charge in [0.1, 0.15) is 4.60 Å². The zero-order valence-electron chi connectivity index (χ0n) is 49.5. The molecule has 0 radical (unpaired) electrons. The van der Waals surface area contributed by atoms with E-state index in [4.69, 9.17) is 15.3 Å². The zero-order valence-corrected chi connectivity index (χ0v) is 63.0. The molecule has 13 rings (SSSR count). The Morgan fingerprint density at radius 2 is 0.930 bits per heavy atom. The summed E-state index contributed by atoms with van der Waals surface area (Å²) in [6.07, 6.45) is 0. The van der Waals surface area contributed by atoms with Gasteiger partial charge in [0.15, 0.2) is 0 Å². The van der Waals surface area contributed by atoms with Crippen molar-refractivity contribution in [2.24, 2.45) is 0 Å². The SMILES string of the molecule is Brc1ccc2cccc(Br)c2n1.Cc1c[c-]c(-c2ccc3cccc([N-]c4c(C(C)C)cccc4C(C)C)c3n2)s1.Cc1cc[c-]s1.Cc1cc[c-]s1.Cc1ccc(-c2ccc3cccc(Br)c3n2)s1.[CH2-]c1ccccc1.[CH2-]c1ccccc1.[Zn+2].[Zr+4]. The minimum atomic E-state index is 0. The fraction of sp³-hybridized carbons (Fsp3) is 0.137. The van der Waals surface area contributed by atoms with Gasteiger partial charge < -0.3 is 33.0 Å². The summed E-state index contributed by atoms with van der Waals surface area (Å²) in [7, 11) is 0. The quantitative estimate of drug-likeness (QED) is 0.0947. The molecule has 4 nitrogen and oxygen atoms in total. The Bertz CT molecular complexity index is 3980. The molecule has 0 N–H and O–H groups in total. The second-order valence-corrected chi connectivity index (χ2v) is 27.0. The van der Waals surface area contributed by atoms with Crippen LogP contribution >= 0.6 is 93.1 Å². The smallest absolute Gasteiger partial charge is 0.656 e. The third-order valence-corrected chi connectivity index (χ3v) is 17.5. The van der Waals surface area contributed by atoms with Crippen LogP contribution in [-0.2, 0) is 45.7 Å². The number of rotatable bonds is 6. The predicted molar refractivity (Wildman–Crippen MR) is 378 cm³/mol. The minimum Gasteiger partial charge on any atom is -0.656 e. The van der Waals surface area contributed by atoms with Crippen LogP contribution in [0.15, 0.2) is 226 Å². The van der Waals surface area contributed by atoms with E-state index >= 15 is 0 Å². The van der Waals surface area contributed by atoms with Gasteiger partial charge in [-0.2, -0.15) is 83.3 Å². The number of halogens is 3. The summed E-state index contributed by atoms with van der Waals surface area (Å²) in [5, 5.41) is 14.5. The van der Waals surface area contributed by atoms with Crippen LogP contribution in [0.4, 0.5) is 11.4 Å². The maximum atomic E-state index is 5.18.